The van der Waals surface area contributed by atoms with E-state index in [0.717, 1.165) is 44.8 Å². The number of thioether (sulfide) groups is 1. The molecule has 0 bridgehead atoms. The zero-order valence-corrected chi connectivity index (χ0v) is 20.6. The van der Waals surface area contributed by atoms with Crippen LogP contribution >= 0.6 is 23.4 Å². The molecule has 0 radical (unpaired) electrons. The number of benzene rings is 3. The van der Waals surface area contributed by atoms with Gasteiger partial charge >= 0.3 is 0 Å². The average Bonchev–Trinajstić information content (AvgIpc) is 3.26. The maximum absolute atomic E-state index is 6.70. The van der Waals surface area contributed by atoms with Crippen molar-refractivity contribution in [2.75, 3.05) is 11.6 Å². The first kappa shape index (κ1) is 21.3. The van der Waals surface area contributed by atoms with Gasteiger partial charge in [0.2, 0.25) is 11.1 Å². The van der Waals surface area contributed by atoms with E-state index in [9.17, 15) is 0 Å². The van der Waals surface area contributed by atoms with E-state index in [1.807, 2.05) is 35.2 Å². The topological polar surface area (TPSA) is 52.0 Å². The predicted molar refractivity (Wildman–Crippen MR) is 138 cm³/mol. The quantitative estimate of drug-likeness (QED) is 0.321. The second kappa shape index (κ2) is 8.22. The largest absolute Gasteiger partial charge is 0.480 e. The fourth-order valence-corrected chi connectivity index (χ4v) is 5.27. The lowest BCUT2D eigenvalue weighted by Crippen LogP contribution is -2.32. The Kier molecular flexibility index (Phi) is 5.15. The monoisotopic (exact) mass is 486 g/mol. The highest BCUT2D eigenvalue weighted by molar-refractivity contribution is 7.98. The van der Waals surface area contributed by atoms with Gasteiger partial charge in [0.1, 0.15) is 17.9 Å². The molecule has 0 spiro atoms. The van der Waals surface area contributed by atoms with Gasteiger partial charge in [-0.05, 0) is 55.5 Å². The summed E-state index contributed by atoms with van der Waals surface area (Å²) >= 11 is 7.95. The van der Waals surface area contributed by atoms with Gasteiger partial charge < -0.3 is 10.1 Å². The Balaban J connectivity index is 1.65. The van der Waals surface area contributed by atoms with E-state index in [1.165, 1.54) is 22.9 Å². The van der Waals surface area contributed by atoms with Gasteiger partial charge in [-0.3, -0.25) is 0 Å². The van der Waals surface area contributed by atoms with E-state index in [4.69, 9.17) is 26.4 Å². The Morgan fingerprint density at radius 2 is 1.76 bits per heavy atom. The highest BCUT2D eigenvalue weighted by atomic mass is 35.5. The molecule has 2 aliphatic heterocycles. The van der Waals surface area contributed by atoms with Crippen LogP contribution < -0.4 is 10.1 Å². The lowest BCUT2D eigenvalue weighted by Gasteiger charge is -2.39. The number of hydrogen-bond donors (Lipinski definition) is 1. The number of anilines is 1. The molecule has 0 saturated carbocycles. The molecule has 2 atom stereocenters. The van der Waals surface area contributed by atoms with Crippen molar-refractivity contribution in [3.8, 4) is 5.75 Å². The third-order valence-electron chi connectivity index (χ3n) is 6.34. The Bertz CT molecular complexity index is 1440. The summed E-state index contributed by atoms with van der Waals surface area (Å²) in [5.41, 5.74) is 7.65. The number of nitrogens with zero attached hydrogens (tertiary/aromatic N) is 3. The number of rotatable bonds is 3. The number of nitrogens with one attached hydrogen (secondary N) is 1. The van der Waals surface area contributed by atoms with Gasteiger partial charge in [-0.25, -0.2) is 4.68 Å². The fourth-order valence-electron chi connectivity index (χ4n) is 4.72. The van der Waals surface area contributed by atoms with Crippen molar-refractivity contribution in [1.29, 1.82) is 0 Å². The summed E-state index contributed by atoms with van der Waals surface area (Å²) in [6.07, 6.45) is 1.66. The van der Waals surface area contributed by atoms with Gasteiger partial charge in [0, 0.05) is 16.2 Å². The van der Waals surface area contributed by atoms with E-state index in [2.05, 4.69) is 61.6 Å². The molecule has 5 nitrogen and oxygen atoms in total. The Morgan fingerprint density at radius 3 is 2.53 bits per heavy atom. The van der Waals surface area contributed by atoms with Crippen molar-refractivity contribution >= 4 is 35.0 Å². The maximum atomic E-state index is 6.70. The number of fused-ring (bicyclic) bond motifs is 3. The molecule has 2 aliphatic rings. The minimum absolute atomic E-state index is 0.183. The summed E-state index contributed by atoms with van der Waals surface area (Å²) in [6.45, 7) is 4.19. The van der Waals surface area contributed by atoms with E-state index in [1.54, 1.807) is 0 Å². The highest BCUT2D eigenvalue weighted by Gasteiger charge is 2.41. The molecule has 0 aliphatic carbocycles. The predicted octanol–water partition coefficient (Wildman–Crippen LogP) is 6.83. The van der Waals surface area contributed by atoms with E-state index >= 15 is 0 Å². The molecule has 0 fully saturated rings. The molecule has 1 N–H and O–H groups in total. The highest BCUT2D eigenvalue weighted by Crippen LogP contribution is 2.51. The zero-order valence-electron chi connectivity index (χ0n) is 19.0. The van der Waals surface area contributed by atoms with Crippen molar-refractivity contribution in [2.24, 2.45) is 0 Å². The second-order valence-corrected chi connectivity index (χ2v) is 9.90. The number of ether oxygens (including phenoxy) is 1. The van der Waals surface area contributed by atoms with Gasteiger partial charge in [-0.15, -0.1) is 5.10 Å². The molecule has 7 heteroatoms. The Labute approximate surface area is 207 Å². The minimum Gasteiger partial charge on any atom is -0.480 e. The Hall–Kier alpha value is -3.22. The smallest absolute Gasteiger partial charge is 0.227 e. The van der Waals surface area contributed by atoms with Crippen molar-refractivity contribution in [1.82, 2.24) is 14.8 Å². The van der Waals surface area contributed by atoms with Crippen molar-refractivity contribution < 1.29 is 4.74 Å². The van der Waals surface area contributed by atoms with Crippen LogP contribution in [0.3, 0.4) is 0 Å². The third kappa shape index (κ3) is 3.49. The van der Waals surface area contributed by atoms with E-state index in [0.29, 0.717) is 5.02 Å². The van der Waals surface area contributed by atoms with Gasteiger partial charge in [-0.1, -0.05) is 77.0 Å². The van der Waals surface area contributed by atoms with Gasteiger partial charge in [0.25, 0.3) is 0 Å². The first-order valence-corrected chi connectivity index (χ1v) is 12.7. The third-order valence-corrected chi connectivity index (χ3v) is 7.11. The Morgan fingerprint density at radius 1 is 0.971 bits per heavy atom. The minimum atomic E-state index is -0.335. The molecule has 34 heavy (non-hydrogen) atoms. The van der Waals surface area contributed by atoms with E-state index < -0.39 is 0 Å². The standard InChI is InChI=1S/C27H23ClN4OS/c1-15-7-10-17(11-8-15)24-22-23(29-26-30-27(34-3)31-32(24)26)20-13-16(2)9-12-21(20)33-25(22)18-5-4-6-19(28)14-18/h4-14,24-25H,1-3H3,(H,29,30,31)/t24-,25+/m1/s1. The zero-order chi connectivity index (χ0) is 23.4. The fraction of sp³-hybridized carbons (Fsp3) is 0.185. The summed E-state index contributed by atoms with van der Waals surface area (Å²) in [6, 6.07) is 22.6. The molecule has 170 valence electrons. The SMILES string of the molecule is CSc1nc2n(n1)[C@H](c1ccc(C)cc1)C1=C(N2)c2cc(C)ccc2O[C@H]1c1cccc(Cl)c1. The van der Waals surface area contributed by atoms with Crippen LogP contribution in [-0.2, 0) is 0 Å². The molecule has 0 unspecified atom stereocenters. The van der Waals surface area contributed by atoms with Crippen molar-refractivity contribution in [2.45, 2.75) is 31.1 Å². The van der Waals surface area contributed by atoms with Crippen LogP contribution in [0.5, 0.6) is 5.75 Å². The number of hydrogen-bond acceptors (Lipinski definition) is 5. The molecule has 6 rings (SSSR count). The molecule has 3 heterocycles. The number of aryl methyl sites for hydroxylation is 2. The summed E-state index contributed by atoms with van der Waals surface area (Å²) in [7, 11) is 0. The first-order chi connectivity index (χ1) is 16.5. The normalized spacial score (nSPS) is 18.5. The molecule has 1 aromatic heterocycles. The number of aromatic nitrogens is 3. The van der Waals surface area contributed by atoms with Gasteiger partial charge in [0.15, 0.2) is 0 Å². The van der Waals surface area contributed by atoms with Crippen LogP contribution in [0.4, 0.5) is 5.95 Å². The summed E-state index contributed by atoms with van der Waals surface area (Å²) in [5, 5.41) is 9.86. The second-order valence-electron chi connectivity index (χ2n) is 8.69. The van der Waals surface area contributed by atoms with Crippen LogP contribution in [0.25, 0.3) is 5.70 Å². The molecular formula is C27H23ClN4OS. The lowest BCUT2D eigenvalue weighted by molar-refractivity contribution is 0.223. The summed E-state index contributed by atoms with van der Waals surface area (Å²) in [5.74, 6) is 1.57. The van der Waals surface area contributed by atoms with Crippen LogP contribution in [0.1, 0.15) is 40.0 Å². The van der Waals surface area contributed by atoms with Crippen LogP contribution in [0, 0.1) is 13.8 Å². The van der Waals surface area contributed by atoms with E-state index in [-0.39, 0.29) is 12.1 Å². The van der Waals surface area contributed by atoms with Crippen molar-refractivity contribution in [3.63, 3.8) is 0 Å². The first-order valence-electron chi connectivity index (χ1n) is 11.1. The summed E-state index contributed by atoms with van der Waals surface area (Å²) in [4.78, 5) is 4.77. The number of halogens is 1. The average molecular weight is 487 g/mol. The van der Waals surface area contributed by atoms with Crippen LogP contribution in [0.15, 0.2) is 77.5 Å². The van der Waals surface area contributed by atoms with Gasteiger partial charge in [-0.2, -0.15) is 4.98 Å². The molecule has 0 amide bonds. The van der Waals surface area contributed by atoms with Crippen molar-refractivity contribution in [3.05, 3.63) is 105 Å². The van der Waals surface area contributed by atoms with Gasteiger partial charge in [0.05, 0.1) is 5.70 Å². The van der Waals surface area contributed by atoms with Crippen LogP contribution in [-0.4, -0.2) is 21.0 Å². The molecule has 3 aromatic carbocycles. The van der Waals surface area contributed by atoms with Crippen LogP contribution in [0.2, 0.25) is 5.02 Å². The molecule has 4 aromatic rings. The maximum Gasteiger partial charge on any atom is 0.227 e. The molecular weight excluding hydrogens is 464 g/mol. The molecule has 0 saturated heterocycles. The summed E-state index contributed by atoms with van der Waals surface area (Å²) < 4.78 is 8.68. The lowest BCUT2D eigenvalue weighted by atomic mass is 9.84.